The van der Waals surface area contributed by atoms with E-state index in [9.17, 15) is 22.4 Å². The Morgan fingerprint density at radius 3 is 2.57 bits per heavy atom. The predicted molar refractivity (Wildman–Crippen MR) is 69.1 cm³/mol. The number of likely N-dealkylation sites (tertiary alicyclic amines) is 1. The van der Waals surface area contributed by atoms with E-state index in [-0.39, 0.29) is 18.5 Å². The van der Waals surface area contributed by atoms with Gasteiger partial charge >= 0.3 is 6.18 Å². The Bertz CT molecular complexity index is 534. The molecule has 1 saturated heterocycles. The highest BCUT2D eigenvalue weighted by Crippen LogP contribution is 2.31. The Balaban J connectivity index is 2.30. The van der Waals surface area contributed by atoms with Crippen molar-refractivity contribution in [1.82, 2.24) is 4.90 Å². The van der Waals surface area contributed by atoms with E-state index in [1.54, 1.807) is 0 Å². The van der Waals surface area contributed by atoms with Gasteiger partial charge in [-0.1, -0.05) is 6.92 Å². The summed E-state index contributed by atoms with van der Waals surface area (Å²) in [7, 11) is 0. The average Bonchev–Trinajstić information content (AvgIpc) is 2.36. The van der Waals surface area contributed by atoms with E-state index in [4.69, 9.17) is 5.73 Å². The molecule has 116 valence electrons. The predicted octanol–water partition coefficient (Wildman–Crippen LogP) is 2.65. The number of rotatable bonds is 1. The van der Waals surface area contributed by atoms with Crippen LogP contribution in [0.15, 0.2) is 18.2 Å². The van der Waals surface area contributed by atoms with Crippen LogP contribution in [-0.2, 0) is 6.18 Å². The Labute approximate surface area is 119 Å². The summed E-state index contributed by atoms with van der Waals surface area (Å²) in [6, 6.07) is 1.61. The second kappa shape index (κ2) is 5.63. The largest absolute Gasteiger partial charge is 0.416 e. The molecule has 3 nitrogen and oxygen atoms in total. The molecule has 0 saturated carbocycles. The third kappa shape index (κ3) is 3.53. The molecular weight excluding hydrogens is 288 g/mol. The zero-order valence-corrected chi connectivity index (χ0v) is 11.5. The molecule has 0 aliphatic carbocycles. The smallest absolute Gasteiger partial charge is 0.337 e. The van der Waals surface area contributed by atoms with E-state index in [1.807, 2.05) is 6.92 Å². The van der Waals surface area contributed by atoms with Gasteiger partial charge in [0.05, 0.1) is 11.1 Å². The van der Waals surface area contributed by atoms with Crippen molar-refractivity contribution in [3.8, 4) is 0 Å². The number of piperidine rings is 1. The van der Waals surface area contributed by atoms with Crippen molar-refractivity contribution in [1.29, 1.82) is 0 Å². The van der Waals surface area contributed by atoms with Gasteiger partial charge in [-0.3, -0.25) is 4.79 Å². The standard InChI is InChI=1S/C14H16F4N2O/c1-8-4-10(19)7-20(6-8)13(21)11-5-9(14(16,17)18)2-3-12(11)15/h2-3,5,8,10H,4,6-7,19H2,1H3. The number of nitrogens with two attached hydrogens (primary N) is 1. The van der Waals surface area contributed by atoms with Gasteiger partial charge in [0.1, 0.15) is 5.82 Å². The highest BCUT2D eigenvalue weighted by Gasteiger charge is 2.33. The van der Waals surface area contributed by atoms with Gasteiger partial charge in [-0.2, -0.15) is 13.2 Å². The SMILES string of the molecule is CC1CC(N)CN(C(=O)c2cc(C(F)(F)F)ccc2F)C1. The van der Waals surface area contributed by atoms with E-state index >= 15 is 0 Å². The van der Waals surface area contributed by atoms with Crippen molar-refractivity contribution < 1.29 is 22.4 Å². The van der Waals surface area contributed by atoms with Gasteiger partial charge in [0, 0.05) is 19.1 Å². The number of hydrogen-bond acceptors (Lipinski definition) is 2. The van der Waals surface area contributed by atoms with Crippen LogP contribution in [0.3, 0.4) is 0 Å². The summed E-state index contributed by atoms with van der Waals surface area (Å²) >= 11 is 0. The lowest BCUT2D eigenvalue weighted by atomic mass is 9.95. The summed E-state index contributed by atoms with van der Waals surface area (Å²) in [4.78, 5) is 13.6. The lowest BCUT2D eigenvalue weighted by molar-refractivity contribution is -0.137. The Morgan fingerprint density at radius 2 is 2.00 bits per heavy atom. The van der Waals surface area contributed by atoms with E-state index in [0.717, 1.165) is 6.42 Å². The molecule has 2 unspecified atom stereocenters. The molecule has 7 heteroatoms. The molecular formula is C14H16F4N2O. The molecule has 1 aromatic carbocycles. The molecule has 0 spiro atoms. The summed E-state index contributed by atoms with van der Waals surface area (Å²) in [5, 5.41) is 0. The van der Waals surface area contributed by atoms with Crippen LogP contribution in [-0.4, -0.2) is 29.9 Å². The highest BCUT2D eigenvalue weighted by atomic mass is 19.4. The van der Waals surface area contributed by atoms with Gasteiger partial charge in [-0.05, 0) is 30.5 Å². The van der Waals surface area contributed by atoms with Crippen molar-refractivity contribution in [2.24, 2.45) is 11.7 Å². The van der Waals surface area contributed by atoms with Crippen LogP contribution in [0.2, 0.25) is 0 Å². The number of halogens is 4. The first-order valence-corrected chi connectivity index (χ1v) is 6.60. The van der Waals surface area contributed by atoms with Crippen LogP contribution in [0.5, 0.6) is 0 Å². The fourth-order valence-electron chi connectivity index (χ4n) is 2.60. The van der Waals surface area contributed by atoms with Crippen molar-refractivity contribution in [3.05, 3.63) is 35.1 Å². The third-order valence-electron chi connectivity index (χ3n) is 3.50. The van der Waals surface area contributed by atoms with Gasteiger partial charge in [-0.25, -0.2) is 4.39 Å². The van der Waals surface area contributed by atoms with E-state index < -0.39 is 29.0 Å². The molecule has 1 aliphatic rings. The number of amides is 1. The molecule has 1 aliphatic heterocycles. The van der Waals surface area contributed by atoms with Crippen LogP contribution in [0, 0.1) is 11.7 Å². The first kappa shape index (κ1) is 15.8. The zero-order chi connectivity index (χ0) is 15.8. The monoisotopic (exact) mass is 304 g/mol. The first-order valence-electron chi connectivity index (χ1n) is 6.60. The molecule has 0 radical (unpaired) electrons. The fraction of sp³-hybridized carbons (Fsp3) is 0.500. The molecule has 21 heavy (non-hydrogen) atoms. The van der Waals surface area contributed by atoms with Gasteiger partial charge in [-0.15, -0.1) is 0 Å². The van der Waals surface area contributed by atoms with Gasteiger partial charge < -0.3 is 10.6 Å². The highest BCUT2D eigenvalue weighted by molar-refractivity contribution is 5.94. The zero-order valence-electron chi connectivity index (χ0n) is 11.5. The quantitative estimate of drug-likeness (QED) is 0.811. The van der Waals surface area contributed by atoms with Gasteiger partial charge in [0.15, 0.2) is 0 Å². The molecule has 2 N–H and O–H groups in total. The van der Waals surface area contributed by atoms with Crippen LogP contribution in [0.1, 0.15) is 29.3 Å². The topological polar surface area (TPSA) is 46.3 Å². The second-order valence-electron chi connectivity index (χ2n) is 5.50. The molecule has 0 bridgehead atoms. The fourth-order valence-corrected chi connectivity index (χ4v) is 2.60. The molecule has 1 amide bonds. The Morgan fingerprint density at radius 1 is 1.33 bits per heavy atom. The number of hydrogen-bond donors (Lipinski definition) is 1. The number of carbonyl (C=O) groups excluding carboxylic acids is 1. The summed E-state index contributed by atoms with van der Waals surface area (Å²) < 4.78 is 51.7. The molecule has 2 atom stereocenters. The maximum atomic E-state index is 13.7. The first-order chi connectivity index (χ1) is 9.68. The number of alkyl halides is 3. The third-order valence-corrected chi connectivity index (χ3v) is 3.50. The Hall–Kier alpha value is -1.63. The minimum Gasteiger partial charge on any atom is -0.337 e. The molecule has 0 aromatic heterocycles. The molecule has 1 aromatic rings. The summed E-state index contributed by atoms with van der Waals surface area (Å²) in [5.74, 6) is -1.58. The number of nitrogens with zero attached hydrogens (tertiary/aromatic N) is 1. The summed E-state index contributed by atoms with van der Waals surface area (Å²) in [6.45, 7) is 2.48. The summed E-state index contributed by atoms with van der Waals surface area (Å²) in [5.41, 5.74) is 4.20. The Kier molecular flexibility index (Phi) is 4.22. The van der Waals surface area contributed by atoms with E-state index in [0.29, 0.717) is 24.7 Å². The van der Waals surface area contributed by atoms with Gasteiger partial charge in [0.2, 0.25) is 0 Å². The van der Waals surface area contributed by atoms with Crippen LogP contribution >= 0.6 is 0 Å². The normalized spacial score (nSPS) is 23.2. The average molecular weight is 304 g/mol. The minimum atomic E-state index is -4.62. The van der Waals surface area contributed by atoms with Crippen molar-refractivity contribution in [3.63, 3.8) is 0 Å². The maximum absolute atomic E-state index is 13.7. The lowest BCUT2D eigenvalue weighted by Gasteiger charge is -2.35. The van der Waals surface area contributed by atoms with E-state index in [1.165, 1.54) is 4.90 Å². The van der Waals surface area contributed by atoms with Crippen LogP contribution < -0.4 is 5.73 Å². The molecule has 2 rings (SSSR count). The number of carbonyl (C=O) groups is 1. The van der Waals surface area contributed by atoms with Crippen LogP contribution in [0.25, 0.3) is 0 Å². The van der Waals surface area contributed by atoms with Gasteiger partial charge in [0.25, 0.3) is 5.91 Å². The minimum absolute atomic E-state index is 0.131. The summed E-state index contributed by atoms with van der Waals surface area (Å²) in [6.07, 6.45) is -3.89. The van der Waals surface area contributed by atoms with Crippen molar-refractivity contribution >= 4 is 5.91 Å². The van der Waals surface area contributed by atoms with E-state index in [2.05, 4.69) is 0 Å². The lowest BCUT2D eigenvalue weighted by Crippen LogP contribution is -2.49. The van der Waals surface area contributed by atoms with Crippen molar-refractivity contribution in [2.75, 3.05) is 13.1 Å². The number of benzene rings is 1. The molecule has 1 heterocycles. The maximum Gasteiger partial charge on any atom is 0.416 e. The molecule has 1 fully saturated rings. The second-order valence-corrected chi connectivity index (χ2v) is 5.50. The van der Waals surface area contributed by atoms with Crippen molar-refractivity contribution in [2.45, 2.75) is 25.6 Å². The van der Waals surface area contributed by atoms with Crippen LogP contribution in [0.4, 0.5) is 17.6 Å².